The lowest BCUT2D eigenvalue weighted by Crippen LogP contribution is -1.90. The molecule has 8 nitrogen and oxygen atoms in total. The van der Waals surface area contributed by atoms with Crippen molar-refractivity contribution in [1.29, 1.82) is 0 Å². The number of aromatic amines is 1. The van der Waals surface area contributed by atoms with Crippen LogP contribution in [0.5, 0.6) is 0 Å². The first-order valence-electron chi connectivity index (χ1n) is 10.8. The van der Waals surface area contributed by atoms with Gasteiger partial charge in [-0.1, -0.05) is 72.4 Å². The summed E-state index contributed by atoms with van der Waals surface area (Å²) in [6.07, 6.45) is 0. The van der Waals surface area contributed by atoms with Crippen molar-refractivity contribution in [2.45, 2.75) is 11.0 Å². The molecule has 3 aromatic heterocycles. The number of nitro groups is 1. The molecule has 0 bridgehead atoms. The monoisotopic (exact) mass is 479 g/mol. The summed E-state index contributed by atoms with van der Waals surface area (Å²) in [4.78, 5) is 19.0. The Kier molecular flexibility index (Phi) is 5.23. The van der Waals surface area contributed by atoms with Crippen LogP contribution in [0.4, 0.5) is 5.69 Å². The Hall–Kier alpha value is -4.50. The Labute approximate surface area is 203 Å². The first-order chi connectivity index (χ1) is 17.2. The quantitative estimate of drug-likeness (QED) is 0.162. The van der Waals surface area contributed by atoms with Gasteiger partial charge in [0.1, 0.15) is 5.69 Å². The molecular weight excluding hydrogens is 462 g/mol. The minimum Gasteiger partial charge on any atom is -0.410 e. The van der Waals surface area contributed by atoms with Gasteiger partial charge in [-0.25, -0.2) is 4.98 Å². The first kappa shape index (κ1) is 21.1. The number of hydrogen-bond donors (Lipinski definition) is 1. The molecule has 35 heavy (non-hydrogen) atoms. The van der Waals surface area contributed by atoms with Crippen molar-refractivity contribution < 1.29 is 9.34 Å². The van der Waals surface area contributed by atoms with Gasteiger partial charge in [0.2, 0.25) is 0 Å². The number of H-pyrrole nitrogens is 1. The van der Waals surface area contributed by atoms with E-state index in [0.717, 1.165) is 38.6 Å². The van der Waals surface area contributed by atoms with E-state index in [1.165, 1.54) is 17.8 Å². The van der Waals surface area contributed by atoms with Gasteiger partial charge in [0.15, 0.2) is 0 Å². The summed E-state index contributed by atoms with van der Waals surface area (Å²) in [6, 6.07) is 26.6. The molecule has 0 aliphatic rings. The van der Waals surface area contributed by atoms with Crippen LogP contribution in [0, 0.1) is 10.1 Å². The molecule has 6 rings (SSSR count). The number of rotatable bonds is 6. The van der Waals surface area contributed by atoms with Gasteiger partial charge < -0.3 is 9.40 Å². The van der Waals surface area contributed by atoms with E-state index in [0.29, 0.717) is 22.6 Å². The van der Waals surface area contributed by atoms with E-state index < -0.39 is 4.92 Å². The topological polar surface area (TPSA) is 111 Å². The van der Waals surface area contributed by atoms with Crippen LogP contribution in [0.1, 0.15) is 5.56 Å². The number of hydrogen-bond acceptors (Lipinski definition) is 7. The van der Waals surface area contributed by atoms with Crippen molar-refractivity contribution >= 4 is 39.3 Å². The van der Waals surface area contributed by atoms with Crippen LogP contribution in [-0.4, -0.2) is 25.1 Å². The Balaban J connectivity index is 1.38. The molecule has 0 spiro atoms. The highest BCUT2D eigenvalue weighted by molar-refractivity contribution is 7.98. The maximum Gasteiger partial charge on any atom is 0.277 e. The smallest absolute Gasteiger partial charge is 0.277 e. The summed E-state index contributed by atoms with van der Waals surface area (Å²) in [5.74, 6) is 0.781. The molecule has 170 valence electrons. The van der Waals surface area contributed by atoms with Crippen molar-refractivity contribution in [3.8, 4) is 22.8 Å². The molecule has 3 heterocycles. The van der Waals surface area contributed by atoms with Crippen LogP contribution in [0.25, 0.3) is 44.6 Å². The lowest BCUT2D eigenvalue weighted by Gasteiger charge is -2.05. The molecular formula is C26H17N5O3S. The van der Waals surface area contributed by atoms with E-state index in [1.807, 2.05) is 60.7 Å². The van der Waals surface area contributed by atoms with Crippen molar-refractivity contribution in [2.24, 2.45) is 0 Å². The molecule has 0 aliphatic heterocycles. The second-order valence-corrected chi connectivity index (χ2v) is 8.83. The van der Waals surface area contributed by atoms with E-state index in [-0.39, 0.29) is 5.69 Å². The van der Waals surface area contributed by atoms with Crippen molar-refractivity contribution in [1.82, 2.24) is 20.2 Å². The number of nitro benzene ring substituents is 1. The highest BCUT2D eigenvalue weighted by Crippen LogP contribution is 2.35. The molecule has 0 aliphatic carbocycles. The average Bonchev–Trinajstić information content (AvgIpc) is 3.52. The fraction of sp³-hybridized carbons (Fsp3) is 0.0385. The van der Waals surface area contributed by atoms with E-state index >= 15 is 0 Å². The molecule has 3 aromatic carbocycles. The van der Waals surface area contributed by atoms with E-state index in [4.69, 9.17) is 9.40 Å². The minimum atomic E-state index is -0.407. The number of non-ortho nitro benzene ring substituents is 1. The van der Waals surface area contributed by atoms with Crippen LogP contribution < -0.4 is 0 Å². The Morgan fingerprint density at radius 3 is 2.60 bits per heavy atom. The molecule has 0 saturated heterocycles. The minimum absolute atomic E-state index is 0.0546. The highest BCUT2D eigenvalue weighted by atomic mass is 32.2. The fourth-order valence-electron chi connectivity index (χ4n) is 4.04. The van der Waals surface area contributed by atoms with Crippen molar-refractivity contribution in [2.75, 3.05) is 0 Å². The predicted octanol–water partition coefficient (Wildman–Crippen LogP) is 6.63. The molecule has 6 aromatic rings. The largest absolute Gasteiger partial charge is 0.410 e. The zero-order valence-electron chi connectivity index (χ0n) is 18.2. The second kappa shape index (κ2) is 8.69. The van der Waals surface area contributed by atoms with Crippen LogP contribution in [-0.2, 0) is 5.75 Å². The zero-order valence-corrected chi connectivity index (χ0v) is 19.0. The van der Waals surface area contributed by atoms with Gasteiger partial charge in [-0.05, 0) is 17.7 Å². The molecule has 1 N–H and O–H groups in total. The number of para-hydroxylation sites is 1. The number of nitrogens with zero attached hydrogens (tertiary/aromatic N) is 4. The number of nitrogens with one attached hydrogen (secondary N) is 1. The van der Waals surface area contributed by atoms with Gasteiger partial charge >= 0.3 is 0 Å². The van der Waals surface area contributed by atoms with Crippen molar-refractivity contribution in [3.05, 3.63) is 101 Å². The van der Waals surface area contributed by atoms with Crippen molar-refractivity contribution in [3.63, 3.8) is 0 Å². The molecule has 0 unspecified atom stereocenters. The standard InChI is InChI=1S/C26H17N5O3S/c32-31(33)18-10-6-7-16(13-18)15-35-26-30-29-25(34-26)22-14-20-19-11-4-5-12-21(19)27-24(20)23(28-22)17-8-2-1-3-9-17/h1-14,27H,15H2. The van der Waals surface area contributed by atoms with Gasteiger partial charge in [0.25, 0.3) is 16.8 Å². The number of thioether (sulfide) groups is 1. The number of pyridine rings is 1. The summed E-state index contributed by atoms with van der Waals surface area (Å²) < 4.78 is 5.93. The molecule has 0 saturated carbocycles. The van der Waals surface area contributed by atoms with Crippen LogP contribution in [0.3, 0.4) is 0 Å². The zero-order chi connectivity index (χ0) is 23.8. The van der Waals surface area contributed by atoms with Gasteiger partial charge in [-0.2, -0.15) is 0 Å². The summed E-state index contributed by atoms with van der Waals surface area (Å²) in [7, 11) is 0. The first-order valence-corrected chi connectivity index (χ1v) is 11.8. The Morgan fingerprint density at radius 1 is 0.914 bits per heavy atom. The maximum absolute atomic E-state index is 11.0. The summed E-state index contributed by atoms with van der Waals surface area (Å²) >= 11 is 1.32. The Morgan fingerprint density at radius 2 is 1.74 bits per heavy atom. The maximum atomic E-state index is 11.0. The predicted molar refractivity (Wildman–Crippen MR) is 135 cm³/mol. The van der Waals surface area contributed by atoms with Gasteiger partial charge in [-0.3, -0.25) is 10.1 Å². The number of fused-ring (bicyclic) bond motifs is 3. The molecule has 9 heteroatoms. The normalized spacial score (nSPS) is 11.3. The van der Waals surface area contributed by atoms with Crippen LogP contribution in [0.15, 0.2) is 94.6 Å². The number of benzene rings is 3. The van der Waals surface area contributed by atoms with E-state index in [9.17, 15) is 10.1 Å². The third-order valence-corrected chi connectivity index (χ3v) is 6.54. The molecule has 0 radical (unpaired) electrons. The lowest BCUT2D eigenvalue weighted by atomic mass is 10.1. The number of aromatic nitrogens is 4. The summed E-state index contributed by atoms with van der Waals surface area (Å²) in [5, 5.41) is 21.9. The van der Waals surface area contributed by atoms with Crippen LogP contribution in [0.2, 0.25) is 0 Å². The molecule has 0 amide bonds. The second-order valence-electron chi connectivity index (χ2n) is 7.90. The lowest BCUT2D eigenvalue weighted by molar-refractivity contribution is -0.384. The third-order valence-electron chi connectivity index (χ3n) is 5.65. The van der Waals surface area contributed by atoms with Gasteiger partial charge in [-0.15, -0.1) is 10.2 Å². The van der Waals surface area contributed by atoms with E-state index in [1.54, 1.807) is 12.1 Å². The summed E-state index contributed by atoms with van der Waals surface area (Å²) in [5.41, 5.74) is 5.19. The van der Waals surface area contributed by atoms with Gasteiger partial charge in [0, 0.05) is 39.7 Å². The highest BCUT2D eigenvalue weighted by Gasteiger charge is 2.18. The third kappa shape index (κ3) is 4.02. The van der Waals surface area contributed by atoms with E-state index in [2.05, 4.69) is 21.2 Å². The Bertz CT molecular complexity index is 1690. The van der Waals surface area contributed by atoms with Gasteiger partial charge in [0.05, 0.1) is 16.1 Å². The average molecular weight is 480 g/mol. The summed E-state index contributed by atoms with van der Waals surface area (Å²) in [6.45, 7) is 0. The SMILES string of the molecule is O=[N+]([O-])c1cccc(CSc2nnc(-c3cc4c([nH]c5ccccc54)c(-c4ccccc4)n3)o2)c1. The van der Waals surface area contributed by atoms with Crippen LogP contribution >= 0.6 is 11.8 Å². The fourth-order valence-corrected chi connectivity index (χ4v) is 4.74. The molecule has 0 fully saturated rings. The molecule has 0 atom stereocenters.